The van der Waals surface area contributed by atoms with E-state index in [4.69, 9.17) is 5.11 Å². The minimum absolute atomic E-state index is 0.120. The van der Waals surface area contributed by atoms with Gasteiger partial charge < -0.3 is 10.4 Å². The second kappa shape index (κ2) is 3.37. The third-order valence-corrected chi connectivity index (χ3v) is 2.28. The maximum atomic E-state index is 10.9. The predicted octanol–water partition coefficient (Wildman–Crippen LogP) is -0.401. The van der Waals surface area contributed by atoms with Crippen molar-refractivity contribution in [3.05, 3.63) is 0 Å². The Hall–Kier alpha value is -0.0600. The Morgan fingerprint density at radius 1 is 1.80 bits per heavy atom. The maximum absolute atomic E-state index is 10.9. The topological polar surface area (TPSA) is 49.3 Å². The molecule has 4 heteroatoms. The molecule has 0 aliphatic carbocycles. The van der Waals surface area contributed by atoms with Crippen molar-refractivity contribution in [1.82, 2.24) is 5.32 Å². The van der Waals surface area contributed by atoms with Gasteiger partial charge in [-0.15, -0.1) is 0 Å². The molecule has 1 aliphatic rings. The van der Waals surface area contributed by atoms with Crippen LogP contribution in [0.3, 0.4) is 0 Å². The molecule has 1 rings (SSSR count). The first kappa shape index (κ1) is 8.04. The fourth-order valence-electron chi connectivity index (χ4n) is 1.04. The van der Waals surface area contributed by atoms with E-state index in [0.29, 0.717) is 13.0 Å². The van der Waals surface area contributed by atoms with Gasteiger partial charge in [0.15, 0.2) is 0 Å². The number of β-amino-alcohol motifs (C(OH)–C–C–N with tert-alkyl or cyclic N) is 1. The van der Waals surface area contributed by atoms with E-state index in [1.165, 1.54) is 11.8 Å². The molecule has 1 aliphatic heterocycles. The number of aliphatic hydroxyl groups excluding tert-OH is 1. The van der Waals surface area contributed by atoms with E-state index >= 15 is 0 Å². The summed E-state index contributed by atoms with van der Waals surface area (Å²) in [5.74, 6) is 0. The number of thioether (sulfide) groups is 1. The predicted molar refractivity (Wildman–Crippen MR) is 40.9 cm³/mol. The van der Waals surface area contributed by atoms with Crippen LogP contribution in [0, 0.1) is 0 Å². The summed E-state index contributed by atoms with van der Waals surface area (Å²) in [5, 5.41) is 12.1. The van der Waals surface area contributed by atoms with Crippen molar-refractivity contribution < 1.29 is 9.90 Å². The van der Waals surface area contributed by atoms with Crippen LogP contribution < -0.4 is 5.32 Å². The van der Waals surface area contributed by atoms with Crippen molar-refractivity contribution in [2.45, 2.75) is 18.6 Å². The van der Waals surface area contributed by atoms with Crippen LogP contribution in [0.4, 0.5) is 0 Å². The number of aliphatic hydroxyl groups is 1. The molecule has 1 fully saturated rings. The average molecular weight is 161 g/mol. The Bertz CT molecular complexity index is 140. The summed E-state index contributed by atoms with van der Waals surface area (Å²) in [7, 11) is 0. The lowest BCUT2D eigenvalue weighted by Crippen LogP contribution is -2.28. The van der Waals surface area contributed by atoms with Gasteiger partial charge >= 0.3 is 0 Å². The Balaban J connectivity index is 2.37. The summed E-state index contributed by atoms with van der Waals surface area (Å²) in [6.45, 7) is 0.553. The molecule has 10 heavy (non-hydrogen) atoms. The van der Waals surface area contributed by atoms with Crippen molar-refractivity contribution >= 4 is 16.9 Å². The molecule has 2 atom stereocenters. The Morgan fingerprint density at radius 3 is 2.90 bits per heavy atom. The quantitative estimate of drug-likeness (QED) is 0.549. The molecule has 2 N–H and O–H groups in total. The van der Waals surface area contributed by atoms with E-state index in [-0.39, 0.29) is 17.3 Å². The van der Waals surface area contributed by atoms with Gasteiger partial charge in [0.2, 0.25) is 5.12 Å². The van der Waals surface area contributed by atoms with Crippen LogP contribution in [0.1, 0.15) is 6.42 Å². The van der Waals surface area contributed by atoms with Crippen LogP contribution in [0.2, 0.25) is 0 Å². The van der Waals surface area contributed by atoms with E-state index in [0.717, 1.165) is 0 Å². The number of carbonyl (C=O) groups is 1. The molecule has 3 nitrogen and oxygen atoms in total. The molecular formula is C6H11NO2S. The van der Waals surface area contributed by atoms with Crippen LogP contribution >= 0.6 is 11.8 Å². The van der Waals surface area contributed by atoms with Gasteiger partial charge in [-0.1, -0.05) is 11.8 Å². The first-order valence-electron chi connectivity index (χ1n) is 3.23. The zero-order valence-electron chi connectivity index (χ0n) is 5.83. The van der Waals surface area contributed by atoms with Gasteiger partial charge in [-0.2, -0.15) is 0 Å². The van der Waals surface area contributed by atoms with Gasteiger partial charge in [-0.3, -0.25) is 4.79 Å². The molecule has 1 saturated heterocycles. The molecule has 0 saturated carbocycles. The van der Waals surface area contributed by atoms with Gasteiger partial charge in [-0.05, 0) is 12.7 Å². The summed E-state index contributed by atoms with van der Waals surface area (Å²) >= 11 is 1.21. The van der Waals surface area contributed by atoms with Gasteiger partial charge in [0, 0.05) is 6.54 Å². The molecule has 2 unspecified atom stereocenters. The minimum Gasteiger partial charge on any atom is -0.392 e. The molecule has 0 radical (unpaired) electrons. The summed E-state index contributed by atoms with van der Waals surface area (Å²) in [6, 6.07) is -0.120. The fourth-order valence-corrected chi connectivity index (χ4v) is 1.50. The van der Waals surface area contributed by atoms with Gasteiger partial charge in [0.1, 0.15) is 0 Å². The molecule has 0 aromatic rings. The molecule has 0 aromatic heterocycles. The number of nitrogens with one attached hydrogen (secondary N) is 1. The highest BCUT2D eigenvalue weighted by molar-refractivity contribution is 8.13. The van der Waals surface area contributed by atoms with Crippen LogP contribution in [0.5, 0.6) is 0 Å². The second-order valence-electron chi connectivity index (χ2n) is 2.37. The lowest BCUT2D eigenvalue weighted by Gasteiger charge is -2.03. The van der Waals surface area contributed by atoms with Crippen LogP contribution in [0.15, 0.2) is 0 Å². The van der Waals surface area contributed by atoms with Crippen LogP contribution in [-0.2, 0) is 4.79 Å². The van der Waals surface area contributed by atoms with Crippen molar-refractivity contribution in [2.75, 3.05) is 12.8 Å². The fraction of sp³-hybridized carbons (Fsp3) is 0.833. The Morgan fingerprint density at radius 2 is 2.50 bits per heavy atom. The van der Waals surface area contributed by atoms with Gasteiger partial charge in [0.25, 0.3) is 0 Å². The SMILES string of the molecule is CSC(=O)C1CC(O)CN1. The number of hydrogen-bond donors (Lipinski definition) is 2. The van der Waals surface area contributed by atoms with Crippen molar-refractivity contribution in [3.8, 4) is 0 Å². The Kier molecular flexibility index (Phi) is 2.71. The number of hydrogen-bond acceptors (Lipinski definition) is 4. The highest BCUT2D eigenvalue weighted by Crippen LogP contribution is 2.11. The third kappa shape index (κ3) is 1.71. The normalized spacial score (nSPS) is 32.6. The first-order valence-corrected chi connectivity index (χ1v) is 4.46. The smallest absolute Gasteiger partial charge is 0.205 e. The molecule has 1 heterocycles. The van der Waals surface area contributed by atoms with Gasteiger partial charge in [0.05, 0.1) is 12.1 Å². The molecule has 0 amide bonds. The zero-order valence-corrected chi connectivity index (χ0v) is 6.65. The summed E-state index contributed by atoms with van der Waals surface area (Å²) in [5.41, 5.74) is 0. The largest absolute Gasteiger partial charge is 0.392 e. The van der Waals surface area contributed by atoms with Crippen molar-refractivity contribution in [3.63, 3.8) is 0 Å². The Labute approximate surface area is 64.2 Å². The van der Waals surface area contributed by atoms with Crippen molar-refractivity contribution in [2.24, 2.45) is 0 Å². The lowest BCUT2D eigenvalue weighted by atomic mass is 10.2. The second-order valence-corrected chi connectivity index (χ2v) is 3.18. The molecular weight excluding hydrogens is 150 g/mol. The monoisotopic (exact) mass is 161 g/mol. The van der Waals surface area contributed by atoms with Gasteiger partial charge in [-0.25, -0.2) is 0 Å². The molecule has 0 spiro atoms. The van der Waals surface area contributed by atoms with Crippen LogP contribution in [-0.4, -0.2) is 35.2 Å². The average Bonchev–Trinajstić information content (AvgIpc) is 2.34. The molecule has 0 aromatic carbocycles. The lowest BCUT2D eigenvalue weighted by molar-refractivity contribution is -0.112. The van der Waals surface area contributed by atoms with E-state index in [2.05, 4.69) is 5.32 Å². The minimum atomic E-state index is -0.332. The maximum Gasteiger partial charge on any atom is 0.205 e. The van der Waals surface area contributed by atoms with E-state index < -0.39 is 0 Å². The zero-order chi connectivity index (χ0) is 7.56. The van der Waals surface area contributed by atoms with E-state index in [1.54, 1.807) is 6.26 Å². The van der Waals surface area contributed by atoms with Crippen LogP contribution in [0.25, 0.3) is 0 Å². The van der Waals surface area contributed by atoms with E-state index in [9.17, 15) is 4.79 Å². The molecule has 58 valence electrons. The van der Waals surface area contributed by atoms with E-state index in [1.807, 2.05) is 0 Å². The standard InChI is InChI=1S/C6H11NO2S/c1-10-6(9)5-2-4(8)3-7-5/h4-5,7-8H,2-3H2,1H3. The molecule has 0 bridgehead atoms. The first-order chi connectivity index (χ1) is 4.74. The summed E-state index contributed by atoms with van der Waals surface area (Å²) in [6.07, 6.45) is 2.00. The highest BCUT2D eigenvalue weighted by Gasteiger charge is 2.26. The summed E-state index contributed by atoms with van der Waals surface area (Å²) in [4.78, 5) is 10.9. The number of carbonyl (C=O) groups excluding carboxylic acids is 1. The summed E-state index contributed by atoms with van der Waals surface area (Å²) < 4.78 is 0. The highest BCUT2D eigenvalue weighted by atomic mass is 32.2. The third-order valence-electron chi connectivity index (χ3n) is 1.59. The number of rotatable bonds is 1. The van der Waals surface area contributed by atoms with Crippen molar-refractivity contribution in [1.29, 1.82) is 0 Å².